The van der Waals surface area contributed by atoms with Crippen molar-refractivity contribution in [3.8, 4) is 0 Å². The predicted molar refractivity (Wildman–Crippen MR) is 44.3 cm³/mol. The summed E-state index contributed by atoms with van der Waals surface area (Å²) < 4.78 is 5.86. The van der Waals surface area contributed by atoms with E-state index in [1.54, 1.807) is 0 Å². The van der Waals surface area contributed by atoms with Gasteiger partial charge in [0.25, 0.3) is 0 Å². The maximum absolute atomic E-state index is 5.86. The highest BCUT2D eigenvalue weighted by atomic mass is 16.5. The molecule has 0 aromatic rings. The minimum Gasteiger partial charge on any atom is -0.355 e. The van der Waals surface area contributed by atoms with E-state index >= 15 is 0 Å². The van der Waals surface area contributed by atoms with Crippen molar-refractivity contribution < 1.29 is 4.74 Å². The van der Waals surface area contributed by atoms with Gasteiger partial charge in [0.1, 0.15) is 12.4 Å². The molecule has 3 rings (SSSR count). The number of nitrogens with one attached hydrogen (secondary N) is 3. The summed E-state index contributed by atoms with van der Waals surface area (Å²) in [6.07, 6.45) is 1.53. The van der Waals surface area contributed by atoms with E-state index < -0.39 is 0 Å². The van der Waals surface area contributed by atoms with Gasteiger partial charge in [0.15, 0.2) is 0 Å². The Labute approximate surface area is 72.0 Å². The van der Waals surface area contributed by atoms with Crippen molar-refractivity contribution in [2.75, 3.05) is 0 Å². The second kappa shape index (κ2) is 2.20. The van der Waals surface area contributed by atoms with Crippen molar-refractivity contribution in [2.24, 2.45) is 5.92 Å². The van der Waals surface area contributed by atoms with Crippen molar-refractivity contribution >= 4 is 0 Å². The molecule has 3 fully saturated rings. The Hall–Kier alpha value is -0.160. The summed E-state index contributed by atoms with van der Waals surface area (Å²) >= 11 is 0. The van der Waals surface area contributed by atoms with E-state index in [9.17, 15) is 0 Å². The monoisotopic (exact) mass is 169 g/mol. The molecule has 0 bridgehead atoms. The molecule has 0 aliphatic carbocycles. The first kappa shape index (κ1) is 7.26. The molecule has 3 N–H and O–H groups in total. The van der Waals surface area contributed by atoms with E-state index in [0.29, 0.717) is 30.4 Å². The maximum atomic E-state index is 5.86. The summed E-state index contributed by atoms with van der Waals surface area (Å²) in [7, 11) is 0. The molecule has 0 aromatic carbocycles. The van der Waals surface area contributed by atoms with E-state index in [-0.39, 0.29) is 6.23 Å². The Morgan fingerprint density at radius 1 is 1.08 bits per heavy atom. The van der Waals surface area contributed by atoms with Gasteiger partial charge in [0.2, 0.25) is 0 Å². The highest BCUT2D eigenvalue weighted by Crippen LogP contribution is 2.30. The van der Waals surface area contributed by atoms with E-state index in [4.69, 9.17) is 4.74 Å². The van der Waals surface area contributed by atoms with E-state index in [0.717, 1.165) is 0 Å². The lowest BCUT2D eigenvalue weighted by Crippen LogP contribution is -2.30. The van der Waals surface area contributed by atoms with Gasteiger partial charge in [-0.05, 0) is 5.92 Å². The first-order valence-electron chi connectivity index (χ1n) is 4.69. The molecule has 68 valence electrons. The number of hydrogen-bond donors (Lipinski definition) is 3. The average molecular weight is 169 g/mol. The molecule has 4 heteroatoms. The van der Waals surface area contributed by atoms with Crippen LogP contribution < -0.4 is 16.0 Å². The molecular formula is C8H15N3O. The summed E-state index contributed by atoms with van der Waals surface area (Å²) in [5.74, 6) is 0.593. The van der Waals surface area contributed by atoms with Crippen LogP contribution in [0.2, 0.25) is 0 Å². The highest BCUT2D eigenvalue weighted by Gasteiger charge is 2.55. The van der Waals surface area contributed by atoms with Gasteiger partial charge < -0.3 is 4.74 Å². The number of rotatable bonds is 1. The van der Waals surface area contributed by atoms with Crippen LogP contribution in [-0.2, 0) is 4.74 Å². The second-order valence-electron chi connectivity index (χ2n) is 4.25. The molecular weight excluding hydrogens is 154 g/mol. The molecule has 12 heavy (non-hydrogen) atoms. The van der Waals surface area contributed by atoms with Gasteiger partial charge in [-0.1, -0.05) is 13.8 Å². The van der Waals surface area contributed by atoms with Gasteiger partial charge in [0.05, 0.1) is 18.3 Å². The lowest BCUT2D eigenvalue weighted by atomic mass is 10.0. The summed E-state index contributed by atoms with van der Waals surface area (Å²) in [4.78, 5) is 0. The standard InChI is InChI=1S/C8H15N3O/c1-3(2)5-4-6(9-4)10-7-8(11-7)12-5/h3-11H,1-2H3. The zero-order chi connectivity index (χ0) is 8.29. The third-order valence-corrected chi connectivity index (χ3v) is 2.83. The molecule has 0 radical (unpaired) electrons. The lowest BCUT2D eigenvalue weighted by Gasteiger charge is -2.18. The van der Waals surface area contributed by atoms with Gasteiger partial charge in [-0.2, -0.15) is 0 Å². The SMILES string of the molecule is CC(C)C1OC2NC2NC2NC21. The van der Waals surface area contributed by atoms with Crippen molar-refractivity contribution in [2.45, 2.75) is 44.6 Å². The Kier molecular flexibility index (Phi) is 1.33. The minimum atomic E-state index is 0.270. The van der Waals surface area contributed by atoms with E-state index in [1.807, 2.05) is 0 Å². The van der Waals surface area contributed by atoms with Gasteiger partial charge in [0, 0.05) is 0 Å². The first-order valence-corrected chi connectivity index (χ1v) is 4.69. The molecule has 0 amide bonds. The molecule has 3 saturated heterocycles. The smallest absolute Gasteiger partial charge is 0.138 e. The van der Waals surface area contributed by atoms with Crippen LogP contribution in [0.15, 0.2) is 0 Å². The van der Waals surface area contributed by atoms with Crippen molar-refractivity contribution in [3.05, 3.63) is 0 Å². The molecule has 0 aromatic heterocycles. The third kappa shape index (κ3) is 0.992. The molecule has 3 aliphatic rings. The topological polar surface area (TPSA) is 65.1 Å². The maximum Gasteiger partial charge on any atom is 0.138 e. The van der Waals surface area contributed by atoms with Crippen LogP contribution in [0.4, 0.5) is 0 Å². The quantitative estimate of drug-likeness (QED) is 0.449. The minimum absolute atomic E-state index is 0.270. The summed E-state index contributed by atoms with van der Waals surface area (Å²) in [6.45, 7) is 4.43. The number of ether oxygens (including phenoxy) is 1. The van der Waals surface area contributed by atoms with Crippen LogP contribution in [0, 0.1) is 5.92 Å². The molecule has 3 heterocycles. The Bertz CT molecular complexity index is 208. The molecule has 4 nitrogen and oxygen atoms in total. The Morgan fingerprint density at radius 2 is 1.92 bits per heavy atom. The molecule has 3 aliphatic heterocycles. The van der Waals surface area contributed by atoms with Gasteiger partial charge in [-0.15, -0.1) is 0 Å². The molecule has 0 spiro atoms. The summed E-state index contributed by atoms with van der Waals surface area (Å²) in [6, 6.07) is 0.541. The Morgan fingerprint density at radius 3 is 2.67 bits per heavy atom. The van der Waals surface area contributed by atoms with E-state index in [1.165, 1.54) is 0 Å². The number of hydrogen-bond acceptors (Lipinski definition) is 4. The van der Waals surface area contributed by atoms with Crippen LogP contribution in [0.25, 0.3) is 0 Å². The Balaban J connectivity index is 1.75. The zero-order valence-electron chi connectivity index (χ0n) is 7.37. The highest BCUT2D eigenvalue weighted by molar-refractivity contribution is 5.09. The third-order valence-electron chi connectivity index (χ3n) is 2.83. The van der Waals surface area contributed by atoms with Gasteiger partial charge in [-0.3, -0.25) is 16.0 Å². The van der Waals surface area contributed by atoms with E-state index in [2.05, 4.69) is 29.8 Å². The lowest BCUT2D eigenvalue weighted by molar-refractivity contribution is 0.00691. The normalized spacial score (nSPS) is 55.8. The van der Waals surface area contributed by atoms with Crippen LogP contribution in [0.1, 0.15) is 13.8 Å². The van der Waals surface area contributed by atoms with Crippen LogP contribution in [0.5, 0.6) is 0 Å². The first-order chi connectivity index (χ1) is 5.75. The molecule has 5 unspecified atom stereocenters. The van der Waals surface area contributed by atoms with Gasteiger partial charge in [-0.25, -0.2) is 0 Å². The van der Waals surface area contributed by atoms with Crippen molar-refractivity contribution in [1.29, 1.82) is 0 Å². The fourth-order valence-corrected chi connectivity index (χ4v) is 1.98. The van der Waals surface area contributed by atoms with Crippen molar-refractivity contribution in [1.82, 2.24) is 16.0 Å². The van der Waals surface area contributed by atoms with Crippen LogP contribution in [-0.4, -0.2) is 30.7 Å². The van der Waals surface area contributed by atoms with Crippen LogP contribution >= 0.6 is 0 Å². The average Bonchev–Trinajstić information content (AvgIpc) is 2.77. The fourth-order valence-electron chi connectivity index (χ4n) is 1.98. The number of fused-ring (bicyclic) bond motifs is 2. The van der Waals surface area contributed by atoms with Crippen molar-refractivity contribution in [3.63, 3.8) is 0 Å². The van der Waals surface area contributed by atoms with Crippen LogP contribution in [0.3, 0.4) is 0 Å². The zero-order valence-corrected chi connectivity index (χ0v) is 7.37. The summed E-state index contributed by atoms with van der Waals surface area (Å²) in [5.41, 5.74) is 0. The summed E-state index contributed by atoms with van der Waals surface area (Å²) in [5, 5.41) is 10.0. The van der Waals surface area contributed by atoms with Gasteiger partial charge >= 0.3 is 0 Å². The predicted octanol–water partition coefficient (Wildman–Crippen LogP) is -0.816. The fraction of sp³-hybridized carbons (Fsp3) is 1.00. The molecule has 5 atom stereocenters. The second-order valence-corrected chi connectivity index (χ2v) is 4.25. The largest absolute Gasteiger partial charge is 0.355 e. The molecule has 0 saturated carbocycles.